The second-order valence-electron chi connectivity index (χ2n) is 40.9. The zero-order valence-corrected chi connectivity index (χ0v) is 88.8. The Morgan fingerprint density at radius 1 is 0.214 bits per heavy atom. The van der Waals surface area contributed by atoms with Gasteiger partial charge in [-0.15, -0.1) is 0 Å². The average molecular weight is 2100 g/mol. The quantitative estimate of drug-likeness (QED) is 0.0185. The first-order valence-corrected chi connectivity index (χ1v) is 48.6. The van der Waals surface area contributed by atoms with Gasteiger partial charge in [-0.1, -0.05) is 198 Å². The second-order valence-corrected chi connectivity index (χ2v) is 45.0. The predicted molar refractivity (Wildman–Crippen MR) is 570 cm³/mol. The van der Waals surface area contributed by atoms with E-state index in [9.17, 15) is 57.1 Å². The molecule has 0 saturated heterocycles. The summed E-state index contributed by atoms with van der Waals surface area (Å²) in [6.07, 6.45) is 0. The number of aliphatic hydroxyl groups excluding tert-OH is 3. The summed E-state index contributed by atoms with van der Waals surface area (Å²) in [6.45, 7) is 48.3. The number of carbonyl (C=O) groups is 10. The third kappa shape index (κ3) is 64.6. The Labute approximate surface area is 870 Å². The lowest BCUT2D eigenvalue weighted by atomic mass is 9.96. The Bertz CT molecular complexity index is 4380. The fraction of sp³-hybridized carbons (Fsp3) is 0.633. The molecule has 836 valence electrons. The van der Waals surface area contributed by atoms with Crippen molar-refractivity contribution >= 4 is 74.9 Å². The van der Waals surface area contributed by atoms with Crippen LogP contribution in [0.15, 0.2) is 121 Å². The first-order valence-electron chi connectivity index (χ1n) is 45.6. The Balaban J connectivity index is -0.000000268. The van der Waals surface area contributed by atoms with Crippen molar-refractivity contribution in [1.29, 1.82) is 0 Å². The molecule has 0 radical (unpaired) electrons. The molecule has 5 aromatic rings. The number of benzene rings is 5. The SMILES string of the molecule is C.C.C.C.C.C.C.CC(C)(CO)COC(=O)c1ccc(C(=O)OCC(C)(C)CO)cc1.CCOP(C)(=O)OCC(C)(C)COC(=O)c1ccc(C(=O)OCC(C)(C)COC)cc1.CCOP(C)(=O)OCC(C)(C)COC(=O)c1ccc(C(=O)OCC(C)(C)COC)cc1.COCC(C)(C)COC(=O)c1ccc(C(=O)OCC(C)(C)CO)cc1.COCC(C)(C)COC(=O)c1ccc(C(=O)OCC(C)(C)COC)cc1.[3H]C. The minimum Gasteiger partial charge on any atom is -0.461 e. The van der Waals surface area contributed by atoms with Crippen molar-refractivity contribution < 1.29 is 163 Å². The maximum Gasteiger partial charge on any atom is 0.338 e. The maximum absolute atomic E-state index is 12.3. The third-order valence-corrected chi connectivity index (χ3v) is 21.4. The number of aliphatic hydroxyl groups is 3. The van der Waals surface area contributed by atoms with Gasteiger partial charge in [0.2, 0.25) is 0 Å². The Morgan fingerprint density at radius 2 is 0.317 bits per heavy atom. The number of methoxy groups -OCH3 is 5. The van der Waals surface area contributed by atoms with Crippen LogP contribution < -0.4 is 0 Å². The highest BCUT2D eigenvalue weighted by atomic mass is 31.2. The van der Waals surface area contributed by atoms with E-state index in [4.69, 9.17) is 106 Å². The summed E-state index contributed by atoms with van der Waals surface area (Å²) in [7, 11) is 3.02. The lowest BCUT2D eigenvalue weighted by Gasteiger charge is -2.25. The number of carbonyl (C=O) groups excluding carboxylic acids is 10. The molecular weight excluding hydrogens is 1920 g/mol. The first kappa shape index (κ1) is 149. The molecule has 36 heteroatoms. The molecule has 0 aliphatic rings. The van der Waals surface area contributed by atoms with Crippen LogP contribution in [-0.2, 0) is 98.3 Å². The van der Waals surface area contributed by atoms with Crippen LogP contribution in [0.2, 0.25) is 0 Å². The van der Waals surface area contributed by atoms with Crippen molar-refractivity contribution in [3.8, 4) is 0 Å². The lowest BCUT2D eigenvalue weighted by Crippen LogP contribution is -2.27. The minimum absolute atomic E-state index is 0. The number of hydrogen-bond acceptors (Lipinski definition) is 34. The van der Waals surface area contributed by atoms with Gasteiger partial charge in [0.1, 0.15) is 0 Å². The van der Waals surface area contributed by atoms with Gasteiger partial charge in [0.15, 0.2) is 0 Å². The van der Waals surface area contributed by atoms with Gasteiger partial charge in [0, 0.05) is 104 Å². The molecule has 2 unspecified atom stereocenters. The molecular formula is C109H186O34P2. The zero-order chi connectivity index (χ0) is 107. The van der Waals surface area contributed by atoms with Crippen LogP contribution in [0, 0.1) is 54.1 Å². The van der Waals surface area contributed by atoms with Crippen LogP contribution in [-0.4, -0.2) is 269 Å². The topological polar surface area (TPSA) is 441 Å². The van der Waals surface area contributed by atoms with Gasteiger partial charge >= 0.3 is 74.9 Å². The van der Waals surface area contributed by atoms with Crippen LogP contribution in [0.3, 0.4) is 0 Å². The summed E-state index contributed by atoms with van der Waals surface area (Å²) in [4.78, 5) is 121. The summed E-state index contributed by atoms with van der Waals surface area (Å²) in [6, 6.07) is 30.4. The number of esters is 10. The van der Waals surface area contributed by atoms with E-state index in [1.54, 1.807) is 115 Å². The summed E-state index contributed by atoms with van der Waals surface area (Å²) in [5.74, 6) is -4.85. The fourth-order valence-electron chi connectivity index (χ4n) is 10.7. The monoisotopic (exact) mass is 2100 g/mol. The van der Waals surface area contributed by atoms with E-state index in [0.717, 1.165) is 0 Å². The molecule has 5 rings (SSSR count). The Hall–Kier alpha value is -9.22. The van der Waals surface area contributed by atoms with Gasteiger partial charge in [-0.3, -0.25) is 9.13 Å². The molecule has 0 saturated carbocycles. The lowest BCUT2D eigenvalue weighted by molar-refractivity contribution is 0.0127. The van der Waals surface area contributed by atoms with E-state index in [0.29, 0.717) is 88.7 Å². The second kappa shape index (κ2) is 71.4. The van der Waals surface area contributed by atoms with Gasteiger partial charge in [-0.05, 0) is 135 Å². The van der Waals surface area contributed by atoms with Crippen LogP contribution in [0.5, 0.6) is 0 Å². The highest BCUT2D eigenvalue weighted by Gasteiger charge is 2.33. The van der Waals surface area contributed by atoms with E-state index in [1.165, 1.54) is 118 Å². The molecule has 0 amide bonds. The largest absolute Gasteiger partial charge is 0.461 e. The van der Waals surface area contributed by atoms with Gasteiger partial charge < -0.3 is 104 Å². The van der Waals surface area contributed by atoms with Gasteiger partial charge in [-0.2, -0.15) is 0 Å². The van der Waals surface area contributed by atoms with Crippen molar-refractivity contribution in [1.82, 2.24) is 0 Å². The van der Waals surface area contributed by atoms with Crippen molar-refractivity contribution in [2.45, 2.75) is 212 Å². The molecule has 0 aliphatic heterocycles. The molecule has 0 fully saturated rings. The predicted octanol–water partition coefficient (Wildman–Crippen LogP) is 22.3. The van der Waals surface area contributed by atoms with E-state index >= 15 is 0 Å². The molecule has 0 aromatic heterocycles. The van der Waals surface area contributed by atoms with Crippen LogP contribution in [0.4, 0.5) is 0 Å². The van der Waals surface area contributed by atoms with Crippen molar-refractivity contribution in [3.63, 3.8) is 0 Å². The average Bonchev–Trinajstić information content (AvgIpc) is 0.868. The van der Waals surface area contributed by atoms with E-state index in [1.807, 2.05) is 96.9 Å². The Kier molecular flexibility index (Phi) is 73.3. The highest BCUT2D eigenvalue weighted by molar-refractivity contribution is 7.53. The molecule has 3 N–H and O–H groups in total. The molecule has 0 spiro atoms. The standard InChI is InChI=1S/2C22H35O8P.C20H30O6.C19H28O6.C18H26O6.8CH4/c2*1-8-29-31(7,25)30-16-22(4,5)15-28-20(24)18-11-9-17(10-12-18)19(23)27-14-21(2,3)13-26-6;1-19(2,11-23-5)13-25-17(21)15-7-9-16(10-8-15)18(22)26-14-20(3,4)12-24-6;1-18(2,10-20)12-24-16(21)14-6-8-15(9-7-14)17(22)25-13-19(3,4)11-23-5;1-17(2,9-19)11-23-15(21)13-5-7-14(8-6-13)16(22)24-12-18(3,4)10-20;;;;;;;;/h2*9-12H,8,13-16H2,1-7H3;7-10H,11-14H2,1-6H3;6-9,20H,10-13H2,1-5H3;5-8,19-20H,9-12H2,1-4H3;8*1H4/i;;;;;1T;;;;;;;. The van der Waals surface area contributed by atoms with Crippen LogP contribution in [0.1, 0.15) is 317 Å². The fourth-order valence-corrected chi connectivity index (χ4v) is 12.9. The van der Waals surface area contributed by atoms with Crippen molar-refractivity contribution in [2.24, 2.45) is 54.1 Å². The smallest absolute Gasteiger partial charge is 0.338 e. The number of ether oxygens (including phenoxy) is 15. The molecule has 0 bridgehead atoms. The first-order chi connectivity index (χ1) is 64.4. The maximum atomic E-state index is 12.3. The molecule has 5 aromatic carbocycles. The van der Waals surface area contributed by atoms with Crippen molar-refractivity contribution in [2.75, 3.05) is 194 Å². The number of rotatable bonds is 53. The van der Waals surface area contributed by atoms with Gasteiger partial charge in [0.25, 0.3) is 0 Å². The van der Waals surface area contributed by atoms with Gasteiger partial charge in [-0.25, -0.2) is 47.9 Å². The summed E-state index contributed by atoms with van der Waals surface area (Å²) < 4.78 is 129. The third-order valence-electron chi connectivity index (χ3n) is 18.8. The normalized spacial score (nSPS) is 12.2. The molecule has 2 atom stereocenters. The summed E-state index contributed by atoms with van der Waals surface area (Å²) >= 11 is 0. The molecule has 34 nitrogen and oxygen atoms in total. The van der Waals surface area contributed by atoms with E-state index in [2.05, 4.69) is 0 Å². The summed E-state index contributed by atoms with van der Waals surface area (Å²) in [5.41, 5.74) is -0.590. The van der Waals surface area contributed by atoms with Crippen molar-refractivity contribution in [3.05, 3.63) is 177 Å². The minimum atomic E-state index is -3.12. The zero-order valence-electron chi connectivity index (χ0n) is 88.0. The van der Waals surface area contributed by atoms with E-state index in [-0.39, 0.29) is 191 Å². The molecule has 0 heterocycles. The van der Waals surface area contributed by atoms with E-state index < -0.39 is 102 Å². The molecule has 145 heavy (non-hydrogen) atoms. The number of hydrogen-bond donors (Lipinski definition) is 3. The van der Waals surface area contributed by atoms with Crippen LogP contribution in [0.25, 0.3) is 0 Å². The highest BCUT2D eigenvalue weighted by Crippen LogP contribution is 2.46. The van der Waals surface area contributed by atoms with Gasteiger partial charge in [0.05, 0.1) is 201 Å². The Morgan fingerprint density at radius 3 is 0.414 bits per heavy atom. The summed E-state index contributed by atoms with van der Waals surface area (Å²) in [5, 5.41) is 27.5. The molecule has 0 aliphatic carbocycles. The van der Waals surface area contributed by atoms with Crippen LogP contribution >= 0.6 is 15.2 Å².